The summed E-state index contributed by atoms with van der Waals surface area (Å²) < 4.78 is 3.86. The van der Waals surface area contributed by atoms with E-state index in [1.54, 1.807) is 7.05 Å². The lowest BCUT2D eigenvalue weighted by molar-refractivity contribution is -0.131. The molecule has 0 aromatic heterocycles. The van der Waals surface area contributed by atoms with Crippen molar-refractivity contribution < 1.29 is 14.3 Å². The van der Waals surface area contributed by atoms with E-state index in [4.69, 9.17) is 4.79 Å². The molecule has 0 spiro atoms. The lowest BCUT2D eigenvalue weighted by Crippen LogP contribution is -2.49. The molecule has 1 heterocycles. The van der Waals surface area contributed by atoms with Crippen molar-refractivity contribution in [3.8, 4) is 0 Å². The van der Waals surface area contributed by atoms with E-state index in [1.807, 2.05) is 4.90 Å². The zero-order chi connectivity index (χ0) is 12.4. The number of ether oxygens (including phenoxy) is 1. The third-order valence-corrected chi connectivity index (χ3v) is 2.28. The molecular formula is C10H21N3O3. The zero-order valence-electron chi connectivity index (χ0n) is 10.2. The van der Waals surface area contributed by atoms with Gasteiger partial charge in [-0.05, 0) is 14.1 Å². The van der Waals surface area contributed by atoms with Gasteiger partial charge in [0.25, 0.3) is 6.47 Å². The largest absolute Gasteiger partial charge is 0.471 e. The number of nitrogens with zero attached hydrogens (tertiary/aromatic N) is 2. The van der Waals surface area contributed by atoms with E-state index in [0.717, 1.165) is 26.2 Å². The van der Waals surface area contributed by atoms with E-state index in [9.17, 15) is 4.79 Å². The van der Waals surface area contributed by atoms with Crippen molar-refractivity contribution in [2.24, 2.45) is 0 Å². The van der Waals surface area contributed by atoms with Crippen molar-refractivity contribution in [2.75, 3.05) is 53.9 Å². The number of carbonyl (C=O) groups excluding carboxylic acids is 2. The second-order valence-electron chi connectivity index (χ2n) is 3.55. The maximum atomic E-state index is 11.3. The van der Waals surface area contributed by atoms with E-state index in [0.29, 0.717) is 13.0 Å². The number of nitrogens with one attached hydrogen (secondary N) is 1. The van der Waals surface area contributed by atoms with Crippen LogP contribution >= 0.6 is 0 Å². The van der Waals surface area contributed by atoms with Crippen LogP contribution in [-0.4, -0.2) is 76.1 Å². The second kappa shape index (κ2) is 9.11. The number of amides is 1. The minimum absolute atomic E-state index is 0.214. The molecule has 0 radical (unpaired) electrons. The highest BCUT2D eigenvalue weighted by Gasteiger charge is 2.17. The van der Waals surface area contributed by atoms with Crippen LogP contribution < -0.4 is 5.32 Å². The summed E-state index contributed by atoms with van der Waals surface area (Å²) in [6.07, 6.45) is 0. The molecule has 16 heavy (non-hydrogen) atoms. The number of hydrogen-bond acceptors (Lipinski definition) is 5. The summed E-state index contributed by atoms with van der Waals surface area (Å²) in [7, 11) is 5.20. The molecule has 6 nitrogen and oxygen atoms in total. The van der Waals surface area contributed by atoms with Crippen LogP contribution in [0.5, 0.6) is 0 Å². The Bertz CT molecular complexity index is 203. The smallest absolute Gasteiger partial charge is 0.292 e. The van der Waals surface area contributed by atoms with Crippen LogP contribution in [0.2, 0.25) is 0 Å². The van der Waals surface area contributed by atoms with Gasteiger partial charge in [0.15, 0.2) is 0 Å². The Labute approximate surface area is 96.5 Å². The third-order valence-electron chi connectivity index (χ3n) is 2.28. The topological polar surface area (TPSA) is 61.9 Å². The Morgan fingerprint density at radius 3 is 2.25 bits per heavy atom. The fourth-order valence-corrected chi connectivity index (χ4v) is 1.32. The maximum absolute atomic E-state index is 11.3. The van der Waals surface area contributed by atoms with Gasteiger partial charge in [-0.1, -0.05) is 0 Å². The fourth-order valence-electron chi connectivity index (χ4n) is 1.32. The molecule has 1 aliphatic rings. The van der Waals surface area contributed by atoms with Gasteiger partial charge in [-0.2, -0.15) is 0 Å². The minimum Gasteiger partial charge on any atom is -0.471 e. The Morgan fingerprint density at radius 2 is 1.88 bits per heavy atom. The highest BCUT2D eigenvalue weighted by molar-refractivity contribution is 5.78. The Balaban J connectivity index is 0.000000487. The summed E-state index contributed by atoms with van der Waals surface area (Å²) in [4.78, 5) is 24.5. The molecular weight excluding hydrogens is 210 g/mol. The van der Waals surface area contributed by atoms with Crippen molar-refractivity contribution >= 4 is 12.4 Å². The summed E-state index contributed by atoms with van der Waals surface area (Å²) in [6.45, 7) is 4.57. The maximum Gasteiger partial charge on any atom is 0.292 e. The molecule has 0 aromatic carbocycles. The molecule has 0 aliphatic carbocycles. The first-order chi connectivity index (χ1) is 7.65. The van der Waals surface area contributed by atoms with Crippen molar-refractivity contribution in [3.63, 3.8) is 0 Å². The Hall–Kier alpha value is -1.14. The highest BCUT2D eigenvalue weighted by atomic mass is 16.5. The lowest BCUT2D eigenvalue weighted by atomic mass is 10.3. The second-order valence-corrected chi connectivity index (χ2v) is 3.55. The number of likely N-dealkylation sites (N-methyl/N-ethyl adjacent to an activating group) is 2. The number of methoxy groups -OCH3 is 1. The summed E-state index contributed by atoms with van der Waals surface area (Å²) in [5, 5.41) is 2.87. The van der Waals surface area contributed by atoms with Crippen LogP contribution in [-0.2, 0) is 14.3 Å². The van der Waals surface area contributed by atoms with Gasteiger partial charge in [-0.3, -0.25) is 9.59 Å². The van der Waals surface area contributed by atoms with E-state index >= 15 is 0 Å². The quantitative estimate of drug-likeness (QED) is 0.616. The summed E-state index contributed by atoms with van der Waals surface area (Å²) in [5.74, 6) is 0.214. The van der Waals surface area contributed by atoms with Crippen LogP contribution in [0.1, 0.15) is 0 Å². The van der Waals surface area contributed by atoms with E-state index < -0.39 is 0 Å². The lowest BCUT2D eigenvalue weighted by Gasteiger charge is -2.32. The zero-order valence-corrected chi connectivity index (χ0v) is 10.2. The molecule has 1 saturated heterocycles. The molecule has 0 unspecified atom stereocenters. The minimum atomic E-state index is 0.214. The predicted molar refractivity (Wildman–Crippen MR) is 61.1 cm³/mol. The van der Waals surface area contributed by atoms with Crippen molar-refractivity contribution in [1.82, 2.24) is 15.1 Å². The molecule has 0 bridgehead atoms. The van der Waals surface area contributed by atoms with Gasteiger partial charge in [0, 0.05) is 26.2 Å². The Kier molecular flexibility index (Phi) is 8.46. The van der Waals surface area contributed by atoms with Gasteiger partial charge in [0.1, 0.15) is 0 Å². The number of carbonyl (C=O) groups is 2. The molecule has 1 rings (SSSR count). The molecule has 1 N–H and O–H groups in total. The molecule has 0 saturated carbocycles. The van der Waals surface area contributed by atoms with Crippen LogP contribution in [0.4, 0.5) is 0 Å². The van der Waals surface area contributed by atoms with Gasteiger partial charge >= 0.3 is 0 Å². The van der Waals surface area contributed by atoms with E-state index in [1.165, 1.54) is 7.11 Å². The van der Waals surface area contributed by atoms with Gasteiger partial charge in [-0.25, -0.2) is 0 Å². The van der Waals surface area contributed by atoms with E-state index in [-0.39, 0.29) is 5.91 Å². The Morgan fingerprint density at radius 1 is 1.38 bits per heavy atom. The number of rotatable bonds is 3. The third kappa shape index (κ3) is 6.36. The first-order valence-corrected chi connectivity index (χ1v) is 5.23. The van der Waals surface area contributed by atoms with Gasteiger partial charge in [0.05, 0.1) is 13.7 Å². The average Bonchev–Trinajstić information content (AvgIpc) is 2.30. The fraction of sp³-hybridized carbons (Fsp3) is 0.800. The van der Waals surface area contributed by atoms with Gasteiger partial charge < -0.3 is 19.9 Å². The molecule has 0 aromatic rings. The molecule has 1 fully saturated rings. The van der Waals surface area contributed by atoms with Crippen LogP contribution in [0, 0.1) is 0 Å². The normalized spacial score (nSPS) is 16.1. The molecule has 1 amide bonds. The highest BCUT2D eigenvalue weighted by Crippen LogP contribution is 1.98. The van der Waals surface area contributed by atoms with Crippen molar-refractivity contribution in [3.05, 3.63) is 0 Å². The molecule has 6 heteroatoms. The van der Waals surface area contributed by atoms with Crippen LogP contribution in [0.25, 0.3) is 0 Å². The summed E-state index contributed by atoms with van der Waals surface area (Å²) in [6, 6.07) is 0. The molecule has 1 aliphatic heterocycles. The SMILES string of the molecule is CNCC(=O)N1CCN(C)CC1.COC=O. The summed E-state index contributed by atoms with van der Waals surface area (Å²) in [5.41, 5.74) is 0. The predicted octanol–water partition coefficient (Wildman–Crippen LogP) is -1.23. The van der Waals surface area contributed by atoms with Crippen molar-refractivity contribution in [2.45, 2.75) is 0 Å². The van der Waals surface area contributed by atoms with Crippen LogP contribution in [0.15, 0.2) is 0 Å². The van der Waals surface area contributed by atoms with Crippen molar-refractivity contribution in [1.29, 1.82) is 0 Å². The van der Waals surface area contributed by atoms with Crippen LogP contribution in [0.3, 0.4) is 0 Å². The number of hydrogen-bond donors (Lipinski definition) is 1. The first-order valence-electron chi connectivity index (χ1n) is 5.23. The standard InChI is InChI=1S/C8H17N3O.C2H4O2/c1-9-7-8(12)11-5-3-10(2)4-6-11;1-4-2-3/h9H,3-7H2,1-2H3;2H,1H3. The van der Waals surface area contributed by atoms with E-state index in [2.05, 4.69) is 22.0 Å². The van der Waals surface area contributed by atoms with Gasteiger partial charge in [0.2, 0.25) is 5.91 Å². The summed E-state index contributed by atoms with van der Waals surface area (Å²) >= 11 is 0. The van der Waals surface area contributed by atoms with Gasteiger partial charge in [-0.15, -0.1) is 0 Å². The number of piperazine rings is 1. The first kappa shape index (κ1) is 14.9. The monoisotopic (exact) mass is 231 g/mol. The molecule has 0 atom stereocenters. The molecule has 94 valence electrons. The average molecular weight is 231 g/mol.